The molecule has 4 aliphatic heterocycles. The molecule has 0 N–H and O–H groups in total. The van der Waals surface area contributed by atoms with Crippen molar-refractivity contribution >= 4 is 143 Å². The van der Waals surface area contributed by atoms with Crippen molar-refractivity contribution in [2.24, 2.45) is 0 Å². The Morgan fingerprint density at radius 2 is 0.600 bits per heavy atom. The lowest BCUT2D eigenvalue weighted by Crippen LogP contribution is -2.64. The van der Waals surface area contributed by atoms with Crippen molar-refractivity contribution in [2.75, 3.05) is 24.5 Å². The fourth-order valence-electron chi connectivity index (χ4n) is 15.2. The van der Waals surface area contributed by atoms with Gasteiger partial charge in [0.25, 0.3) is 6.71 Å². The number of anilines is 15. The van der Waals surface area contributed by atoms with Crippen LogP contribution in [0.4, 0.5) is 120 Å². The molecule has 18 rings (SSSR count). The van der Waals surface area contributed by atoms with Gasteiger partial charge in [0.05, 0.1) is 5.69 Å². The third-order valence-corrected chi connectivity index (χ3v) is 20.5. The molecule has 14 aromatic carbocycles. The third-order valence-electron chi connectivity index (χ3n) is 19.4. The van der Waals surface area contributed by atoms with E-state index in [1.165, 1.54) is 62.9 Å². The fraction of sp³-hybridized carbons (Fsp3) is 0. The van der Waals surface area contributed by atoms with Crippen molar-refractivity contribution in [3.8, 4) is 22.3 Å². The first kappa shape index (κ1) is 60.4. The Morgan fingerprint density at radius 1 is 0.240 bits per heavy atom. The zero-order valence-corrected chi connectivity index (χ0v) is 53.4. The second kappa shape index (κ2) is 23.9. The molecule has 0 radical (unpaired) electrons. The topological polar surface area (TPSA) is 16.2 Å². The average molecular weight is 1330 g/mol. The molecule has 478 valence electrons. The Labute approximate surface area is 575 Å². The van der Waals surface area contributed by atoms with Crippen LogP contribution in [0.25, 0.3) is 22.3 Å². The van der Waals surface area contributed by atoms with Gasteiger partial charge >= 0.3 is 0 Å². The van der Waals surface area contributed by atoms with E-state index in [0.717, 1.165) is 81.0 Å². The number of rotatable bonds is 11. The van der Waals surface area contributed by atoms with Crippen molar-refractivity contribution in [1.82, 2.24) is 0 Å². The molecule has 0 atom stereocenters. The summed E-state index contributed by atoms with van der Waals surface area (Å²) in [5.41, 5.74) is 10.3. The summed E-state index contributed by atoms with van der Waals surface area (Å²) in [6.07, 6.45) is 0. The molecule has 0 unspecified atom stereocenters. The minimum absolute atomic E-state index is 0.0685. The molecule has 16 heteroatoms. The van der Waals surface area contributed by atoms with Crippen LogP contribution in [0.2, 0.25) is 0 Å². The van der Waals surface area contributed by atoms with E-state index in [4.69, 9.17) is 0 Å². The van der Waals surface area contributed by atoms with Gasteiger partial charge in [-0.1, -0.05) is 187 Å². The molecular formula is C84H49B2F8N5S. The van der Waals surface area contributed by atoms with Crippen LogP contribution in [0.3, 0.4) is 0 Å². The second-order valence-electron chi connectivity index (χ2n) is 24.9. The number of benzene rings is 14. The van der Waals surface area contributed by atoms with Gasteiger partial charge in [-0.25, -0.2) is 35.1 Å². The summed E-state index contributed by atoms with van der Waals surface area (Å²) < 4.78 is 137. The van der Waals surface area contributed by atoms with Crippen molar-refractivity contribution < 1.29 is 35.1 Å². The number of nitrogens with zero attached hydrogens (tertiary/aromatic N) is 5. The Bertz CT molecular complexity index is 5480. The summed E-state index contributed by atoms with van der Waals surface area (Å²) in [5.74, 6) is -7.26. The summed E-state index contributed by atoms with van der Waals surface area (Å²) in [4.78, 5) is 9.40. The molecule has 0 fully saturated rings. The molecule has 100 heavy (non-hydrogen) atoms. The number of hydrogen-bond donors (Lipinski definition) is 0. The maximum absolute atomic E-state index is 17.6. The maximum atomic E-state index is 17.6. The van der Waals surface area contributed by atoms with Crippen LogP contribution in [-0.4, -0.2) is 13.4 Å². The van der Waals surface area contributed by atoms with Crippen LogP contribution in [0.5, 0.6) is 0 Å². The predicted molar refractivity (Wildman–Crippen MR) is 390 cm³/mol. The highest BCUT2D eigenvalue weighted by Crippen LogP contribution is 2.53. The number of hydrogen-bond acceptors (Lipinski definition) is 6. The van der Waals surface area contributed by atoms with Gasteiger partial charge in [-0.2, -0.15) is 0 Å². The van der Waals surface area contributed by atoms with Crippen molar-refractivity contribution in [3.05, 3.63) is 344 Å². The SMILES string of the molecule is Fc1cccc(F)c1N(c1ccccc1)c1cc2c3c(c1)N(c1c(F)cccc1F)c1cc4c(cc1B3c1ccccc1N2c1c(F)cccc1F)B1c2ccccc2N(c2c(F)cccc2F)c2cc(N(c3ccc(-c5ccccc5)cc3)c3ccc(-c5ccccc5)cc3)cc(c21)S4. The molecule has 0 saturated carbocycles. The minimum Gasteiger partial charge on any atom is -0.310 e. The van der Waals surface area contributed by atoms with Crippen LogP contribution in [0.15, 0.2) is 307 Å². The molecule has 0 saturated heterocycles. The van der Waals surface area contributed by atoms with E-state index in [-0.39, 0.29) is 28.4 Å². The first-order valence-corrected chi connectivity index (χ1v) is 33.3. The number of halogens is 8. The standard InChI is InChI=1S/C84H49B2F8N5S/c87-63-26-14-27-64(88)81(63)96(54-22-8-3-9-23-54)57-44-74-79-75(45-57)99(84-69(93)32-17-33-70(84)94)73-49-77-62(48-61(73)85(79)59-24-10-12-34-71(59)97(74)82-65(89)28-15-29-66(82)90)86-60-25-11-13-35-72(60)98(83-67(91)30-16-31-68(83)92)76-46-58(47-78(100-77)80(76)86)95(55-40-36-52(37-41-55)50-18-4-1-5-19-50)56-42-38-53(39-43-56)51-20-6-2-7-21-51/h1-49H. The Balaban J connectivity index is 0.919. The molecule has 4 aliphatic rings. The monoisotopic (exact) mass is 1330 g/mol. The molecule has 5 nitrogen and oxygen atoms in total. The number of fused-ring (bicyclic) bond motifs is 8. The summed E-state index contributed by atoms with van der Waals surface area (Å²) >= 11 is 1.39. The van der Waals surface area contributed by atoms with Crippen LogP contribution in [0, 0.1) is 46.5 Å². The fourth-order valence-corrected chi connectivity index (χ4v) is 16.4. The summed E-state index contributed by atoms with van der Waals surface area (Å²) in [6.45, 7) is -1.55. The van der Waals surface area contributed by atoms with Gasteiger partial charge in [-0.05, 0) is 177 Å². The Hall–Kier alpha value is -12.0. The highest BCUT2D eigenvalue weighted by atomic mass is 32.2. The van der Waals surface area contributed by atoms with Gasteiger partial charge in [-0.15, -0.1) is 0 Å². The van der Waals surface area contributed by atoms with E-state index in [1.807, 2.05) is 140 Å². The smallest absolute Gasteiger partial charge is 0.252 e. The van der Waals surface area contributed by atoms with Gasteiger partial charge in [-0.3, -0.25) is 0 Å². The van der Waals surface area contributed by atoms with Gasteiger partial charge in [0.1, 0.15) is 69.3 Å². The lowest BCUT2D eigenvalue weighted by atomic mass is 9.31. The highest BCUT2D eigenvalue weighted by Gasteiger charge is 2.49. The van der Waals surface area contributed by atoms with E-state index in [2.05, 4.69) is 35.2 Å². The van der Waals surface area contributed by atoms with Crippen LogP contribution >= 0.6 is 11.8 Å². The van der Waals surface area contributed by atoms with Gasteiger partial charge in [0.2, 0.25) is 6.71 Å². The maximum Gasteiger partial charge on any atom is 0.252 e. The Kier molecular flexibility index (Phi) is 14.5. The first-order valence-electron chi connectivity index (χ1n) is 32.5. The molecule has 14 aromatic rings. The molecular weight excluding hydrogens is 1280 g/mol. The third kappa shape index (κ3) is 9.63. The van der Waals surface area contributed by atoms with Crippen molar-refractivity contribution in [2.45, 2.75) is 9.79 Å². The van der Waals surface area contributed by atoms with Gasteiger partial charge < -0.3 is 24.5 Å². The van der Waals surface area contributed by atoms with E-state index in [0.29, 0.717) is 60.1 Å². The summed E-state index contributed by atoms with van der Waals surface area (Å²) in [5, 5.41) is 0. The molecule has 0 aromatic heterocycles. The van der Waals surface area contributed by atoms with E-state index in [9.17, 15) is 0 Å². The minimum atomic E-state index is -0.961. The summed E-state index contributed by atoms with van der Waals surface area (Å²) in [6, 6.07) is 85.3. The molecule has 0 amide bonds. The molecule has 0 spiro atoms. The van der Waals surface area contributed by atoms with E-state index < -0.39 is 77.0 Å². The van der Waals surface area contributed by atoms with Crippen LogP contribution in [-0.2, 0) is 0 Å². The van der Waals surface area contributed by atoms with E-state index in [1.54, 1.807) is 59.5 Å². The zero-order valence-electron chi connectivity index (χ0n) is 52.6. The first-order chi connectivity index (χ1) is 48.9. The van der Waals surface area contributed by atoms with Gasteiger partial charge in [0.15, 0.2) is 0 Å². The zero-order chi connectivity index (χ0) is 67.6. The van der Waals surface area contributed by atoms with Crippen LogP contribution < -0.4 is 57.3 Å². The lowest BCUT2D eigenvalue weighted by Gasteiger charge is -2.46. The normalized spacial score (nSPS) is 12.9. The van der Waals surface area contributed by atoms with Crippen LogP contribution in [0.1, 0.15) is 0 Å². The highest BCUT2D eigenvalue weighted by molar-refractivity contribution is 8.00. The molecule has 0 aliphatic carbocycles. The molecule has 0 bridgehead atoms. The van der Waals surface area contributed by atoms with Crippen molar-refractivity contribution in [1.29, 1.82) is 0 Å². The second-order valence-corrected chi connectivity index (χ2v) is 26.0. The van der Waals surface area contributed by atoms with Crippen molar-refractivity contribution in [3.63, 3.8) is 0 Å². The van der Waals surface area contributed by atoms with E-state index >= 15 is 35.1 Å². The lowest BCUT2D eigenvalue weighted by molar-refractivity contribution is 0.585. The Morgan fingerprint density at radius 3 is 1.06 bits per heavy atom. The number of para-hydroxylation sites is 7. The predicted octanol–water partition coefficient (Wildman–Crippen LogP) is 19.9. The average Bonchev–Trinajstić information content (AvgIpc) is 0.687. The largest absolute Gasteiger partial charge is 0.310 e. The quantitative estimate of drug-likeness (QED) is 0.0941. The molecule has 4 heterocycles. The van der Waals surface area contributed by atoms with Gasteiger partial charge in [0, 0.05) is 66.7 Å². The summed E-state index contributed by atoms with van der Waals surface area (Å²) in [7, 11) is 0.